The van der Waals surface area contributed by atoms with E-state index in [2.05, 4.69) is 31.4 Å². The smallest absolute Gasteiger partial charge is 0.203 e. The lowest BCUT2D eigenvalue weighted by atomic mass is 10.2. The Labute approximate surface area is 127 Å². The Morgan fingerprint density at radius 1 is 1.39 bits per heavy atom. The summed E-state index contributed by atoms with van der Waals surface area (Å²) in [6.07, 6.45) is 1.61. The molecule has 0 saturated carbocycles. The van der Waals surface area contributed by atoms with Crippen LogP contribution in [-0.2, 0) is 0 Å². The zero-order chi connectivity index (χ0) is 13.1. The summed E-state index contributed by atoms with van der Waals surface area (Å²) in [6.45, 7) is 1.93. The van der Waals surface area contributed by atoms with Crippen LogP contribution in [0.4, 0.5) is 5.13 Å². The Kier molecular flexibility index (Phi) is 4.61. The standard InChI is InChI=1S/C11H8BrCl2N3S/c1-6-5-18-11(16-6)17-15-4-7-2-10(14)8(12)3-9(7)13/h2-5H,1H3,(H,16,17). The van der Waals surface area contributed by atoms with Gasteiger partial charge in [0.1, 0.15) is 0 Å². The van der Waals surface area contributed by atoms with Crippen molar-refractivity contribution in [3.8, 4) is 0 Å². The Balaban J connectivity index is 2.11. The Hall–Kier alpha value is -0.620. The number of anilines is 1. The molecular formula is C11H8BrCl2N3S. The lowest BCUT2D eigenvalue weighted by Crippen LogP contribution is -1.91. The highest BCUT2D eigenvalue weighted by Crippen LogP contribution is 2.28. The number of benzene rings is 1. The molecule has 1 heterocycles. The molecule has 0 aliphatic heterocycles. The van der Waals surface area contributed by atoms with Crippen LogP contribution in [0.3, 0.4) is 0 Å². The number of nitrogens with one attached hydrogen (secondary N) is 1. The molecule has 0 atom stereocenters. The highest BCUT2D eigenvalue weighted by atomic mass is 79.9. The van der Waals surface area contributed by atoms with Crippen molar-refractivity contribution in [1.82, 2.24) is 4.98 Å². The van der Waals surface area contributed by atoms with Gasteiger partial charge in [-0.2, -0.15) is 5.10 Å². The van der Waals surface area contributed by atoms with E-state index in [1.165, 1.54) is 11.3 Å². The van der Waals surface area contributed by atoms with Crippen molar-refractivity contribution < 1.29 is 0 Å². The number of nitrogens with zero attached hydrogens (tertiary/aromatic N) is 2. The van der Waals surface area contributed by atoms with E-state index < -0.39 is 0 Å². The van der Waals surface area contributed by atoms with Gasteiger partial charge in [-0.3, -0.25) is 5.43 Å². The first-order valence-corrected chi connectivity index (χ1v) is 7.35. The van der Waals surface area contributed by atoms with Gasteiger partial charge in [-0.1, -0.05) is 23.2 Å². The largest absolute Gasteiger partial charge is 0.253 e. The molecule has 0 fully saturated rings. The molecule has 2 rings (SSSR count). The second kappa shape index (κ2) is 6.02. The van der Waals surface area contributed by atoms with Crippen LogP contribution in [0, 0.1) is 6.92 Å². The van der Waals surface area contributed by atoms with Gasteiger partial charge < -0.3 is 0 Å². The predicted octanol–water partition coefficient (Wildman–Crippen LogP) is 4.97. The lowest BCUT2D eigenvalue weighted by molar-refractivity contribution is 1.22. The third kappa shape index (κ3) is 3.45. The summed E-state index contributed by atoms with van der Waals surface area (Å²) in [4.78, 5) is 4.22. The maximum atomic E-state index is 6.07. The van der Waals surface area contributed by atoms with Gasteiger partial charge >= 0.3 is 0 Å². The molecule has 1 N–H and O–H groups in total. The van der Waals surface area contributed by atoms with Crippen LogP contribution in [-0.4, -0.2) is 11.2 Å². The summed E-state index contributed by atoms with van der Waals surface area (Å²) < 4.78 is 0.759. The van der Waals surface area contributed by atoms with Crippen LogP contribution in [0.5, 0.6) is 0 Å². The fourth-order valence-electron chi connectivity index (χ4n) is 1.20. The van der Waals surface area contributed by atoms with Gasteiger partial charge in [-0.15, -0.1) is 11.3 Å². The fourth-order valence-corrected chi connectivity index (χ4v) is 2.70. The van der Waals surface area contributed by atoms with Crippen LogP contribution in [0.2, 0.25) is 10.0 Å². The Bertz CT molecular complexity index is 598. The SMILES string of the molecule is Cc1csc(NN=Cc2cc(Cl)c(Br)cc2Cl)n1. The molecule has 0 unspecified atom stereocenters. The van der Waals surface area contributed by atoms with Crippen molar-refractivity contribution in [1.29, 1.82) is 0 Å². The number of hydrogen-bond acceptors (Lipinski definition) is 4. The maximum Gasteiger partial charge on any atom is 0.203 e. The molecule has 1 aromatic heterocycles. The second-order valence-corrected chi connectivity index (χ2v) is 5.98. The van der Waals surface area contributed by atoms with Crippen molar-refractivity contribution >= 4 is 61.8 Å². The van der Waals surface area contributed by atoms with Crippen LogP contribution in [0.1, 0.15) is 11.3 Å². The number of aryl methyl sites for hydroxylation is 1. The number of halogens is 3. The van der Waals surface area contributed by atoms with E-state index in [9.17, 15) is 0 Å². The second-order valence-electron chi connectivity index (χ2n) is 3.45. The number of thiazole rings is 1. The summed E-state index contributed by atoms with van der Waals surface area (Å²) in [6, 6.07) is 3.48. The van der Waals surface area contributed by atoms with Crippen molar-refractivity contribution in [3.05, 3.63) is 43.3 Å². The van der Waals surface area contributed by atoms with E-state index in [0.717, 1.165) is 20.9 Å². The minimum Gasteiger partial charge on any atom is -0.253 e. The zero-order valence-corrected chi connectivity index (χ0v) is 13.2. The Morgan fingerprint density at radius 2 is 2.17 bits per heavy atom. The molecule has 2 aromatic rings. The molecular weight excluding hydrogens is 357 g/mol. The van der Waals surface area contributed by atoms with Gasteiger partial charge in [0.2, 0.25) is 5.13 Å². The lowest BCUT2D eigenvalue weighted by Gasteiger charge is -2.01. The number of aromatic nitrogens is 1. The van der Waals surface area contributed by atoms with Crippen molar-refractivity contribution in [2.75, 3.05) is 5.43 Å². The molecule has 0 radical (unpaired) electrons. The molecule has 0 aliphatic carbocycles. The Morgan fingerprint density at radius 3 is 2.83 bits per heavy atom. The molecule has 0 bridgehead atoms. The van der Waals surface area contributed by atoms with Gasteiger partial charge in [0.15, 0.2) is 0 Å². The van der Waals surface area contributed by atoms with Crippen LogP contribution >= 0.6 is 50.5 Å². The minimum absolute atomic E-state index is 0.576. The molecule has 0 amide bonds. The van der Waals surface area contributed by atoms with Crippen molar-refractivity contribution in [2.45, 2.75) is 6.92 Å². The molecule has 0 aliphatic rings. The van der Waals surface area contributed by atoms with E-state index in [-0.39, 0.29) is 0 Å². The normalized spacial score (nSPS) is 11.1. The first-order valence-electron chi connectivity index (χ1n) is 4.92. The summed E-state index contributed by atoms with van der Waals surface area (Å²) in [5, 5.41) is 7.92. The first kappa shape index (κ1) is 13.8. The summed E-state index contributed by atoms with van der Waals surface area (Å²) >= 11 is 16.8. The number of hydrazone groups is 1. The average Bonchev–Trinajstić information content (AvgIpc) is 2.71. The first-order chi connectivity index (χ1) is 8.56. The fraction of sp³-hybridized carbons (Fsp3) is 0.0909. The van der Waals surface area contributed by atoms with Crippen molar-refractivity contribution in [2.24, 2.45) is 5.10 Å². The quantitative estimate of drug-likeness (QED) is 0.474. The zero-order valence-electron chi connectivity index (χ0n) is 9.25. The third-order valence-corrected chi connectivity index (χ3v) is 4.41. The molecule has 3 nitrogen and oxygen atoms in total. The van der Waals surface area contributed by atoms with Crippen molar-refractivity contribution in [3.63, 3.8) is 0 Å². The van der Waals surface area contributed by atoms with Gasteiger partial charge in [0.25, 0.3) is 0 Å². The molecule has 0 saturated heterocycles. The average molecular weight is 365 g/mol. The molecule has 94 valence electrons. The van der Waals surface area contributed by atoms with Gasteiger partial charge in [-0.05, 0) is 35.0 Å². The maximum absolute atomic E-state index is 6.07. The number of hydrogen-bond donors (Lipinski definition) is 1. The topological polar surface area (TPSA) is 37.3 Å². The van der Waals surface area contributed by atoms with Crippen LogP contribution < -0.4 is 5.43 Å². The van der Waals surface area contributed by atoms with E-state index in [1.807, 2.05) is 12.3 Å². The summed E-state index contributed by atoms with van der Waals surface area (Å²) in [7, 11) is 0. The van der Waals surface area contributed by atoms with E-state index >= 15 is 0 Å². The highest BCUT2D eigenvalue weighted by Gasteiger charge is 2.03. The van der Waals surface area contributed by atoms with Crippen LogP contribution in [0.15, 0.2) is 27.1 Å². The molecule has 1 aromatic carbocycles. The van der Waals surface area contributed by atoms with E-state index in [0.29, 0.717) is 10.0 Å². The molecule has 0 spiro atoms. The van der Waals surface area contributed by atoms with Gasteiger partial charge in [0, 0.05) is 15.4 Å². The van der Waals surface area contributed by atoms with Crippen LogP contribution in [0.25, 0.3) is 0 Å². The van der Waals surface area contributed by atoms with Gasteiger partial charge in [-0.25, -0.2) is 4.98 Å². The highest BCUT2D eigenvalue weighted by molar-refractivity contribution is 9.10. The predicted molar refractivity (Wildman–Crippen MR) is 82.2 cm³/mol. The molecule has 18 heavy (non-hydrogen) atoms. The molecule has 7 heteroatoms. The van der Waals surface area contributed by atoms with E-state index in [4.69, 9.17) is 23.2 Å². The monoisotopic (exact) mass is 363 g/mol. The van der Waals surface area contributed by atoms with Gasteiger partial charge in [0.05, 0.1) is 22.0 Å². The third-order valence-electron chi connectivity index (χ3n) is 2.02. The minimum atomic E-state index is 0.576. The summed E-state index contributed by atoms with van der Waals surface area (Å²) in [5.41, 5.74) is 4.54. The number of rotatable bonds is 3. The van der Waals surface area contributed by atoms with E-state index in [1.54, 1.807) is 18.3 Å². The summed E-state index contributed by atoms with van der Waals surface area (Å²) in [5.74, 6) is 0.